The second-order valence-corrected chi connectivity index (χ2v) is 8.09. The maximum Gasteiger partial charge on any atom is 0.270 e. The van der Waals surface area contributed by atoms with Crippen LogP contribution in [-0.4, -0.2) is 63.3 Å². The van der Waals surface area contributed by atoms with Gasteiger partial charge in [-0.15, -0.1) is 0 Å². The van der Waals surface area contributed by atoms with Crippen molar-refractivity contribution in [3.05, 3.63) is 39.5 Å². The van der Waals surface area contributed by atoms with Crippen LogP contribution in [0, 0.1) is 6.92 Å². The van der Waals surface area contributed by atoms with Gasteiger partial charge in [0.05, 0.1) is 35.3 Å². The number of H-pyrrole nitrogens is 1. The lowest BCUT2D eigenvalue weighted by Crippen LogP contribution is -2.49. The number of amides is 1. The van der Waals surface area contributed by atoms with Crippen LogP contribution in [0.25, 0.3) is 0 Å². The summed E-state index contributed by atoms with van der Waals surface area (Å²) in [5, 5.41) is 6.71. The number of piperazine rings is 1. The van der Waals surface area contributed by atoms with E-state index in [4.69, 9.17) is 16.3 Å². The van der Waals surface area contributed by atoms with E-state index in [1.54, 1.807) is 19.3 Å². The summed E-state index contributed by atoms with van der Waals surface area (Å²) in [6.07, 6.45) is 8.60. The summed E-state index contributed by atoms with van der Waals surface area (Å²) in [7, 11) is 0. The van der Waals surface area contributed by atoms with E-state index in [2.05, 4.69) is 32.0 Å². The molecular weight excluding hydrogens is 420 g/mol. The van der Waals surface area contributed by atoms with Crippen molar-refractivity contribution in [1.82, 2.24) is 25.1 Å². The Morgan fingerprint density at radius 3 is 2.58 bits per heavy atom. The Morgan fingerprint density at radius 1 is 1.19 bits per heavy atom. The van der Waals surface area contributed by atoms with Crippen molar-refractivity contribution in [3.8, 4) is 5.75 Å². The summed E-state index contributed by atoms with van der Waals surface area (Å²) in [6.45, 7) is 6.53. The Balaban J connectivity index is 1.37. The topological polar surface area (TPSA) is 104 Å². The van der Waals surface area contributed by atoms with Gasteiger partial charge in [-0.2, -0.15) is 5.10 Å². The molecule has 1 N–H and O–H groups in total. The number of anilines is 1. The minimum absolute atomic E-state index is 0.000299. The Bertz CT molecular complexity index is 912. The molecule has 1 fully saturated rings. The van der Waals surface area contributed by atoms with Gasteiger partial charge in [0.1, 0.15) is 5.75 Å². The first kappa shape index (κ1) is 23.0. The van der Waals surface area contributed by atoms with Crippen LogP contribution in [0.15, 0.2) is 23.4 Å². The molecule has 1 saturated heterocycles. The highest BCUT2D eigenvalue weighted by Gasteiger charge is 2.22. The van der Waals surface area contributed by atoms with Crippen molar-refractivity contribution in [3.63, 3.8) is 0 Å². The van der Waals surface area contributed by atoms with Gasteiger partial charge in [-0.25, -0.2) is 15.1 Å². The molecule has 0 unspecified atom stereocenters. The molecule has 9 nitrogen and oxygen atoms in total. The smallest absolute Gasteiger partial charge is 0.270 e. The van der Waals surface area contributed by atoms with Gasteiger partial charge in [-0.05, 0) is 32.6 Å². The third kappa shape index (κ3) is 6.40. The van der Waals surface area contributed by atoms with Crippen LogP contribution in [0.2, 0.25) is 5.02 Å². The Morgan fingerprint density at radius 2 is 1.90 bits per heavy atom. The summed E-state index contributed by atoms with van der Waals surface area (Å²) in [5.74, 6) is 1.35. The van der Waals surface area contributed by atoms with Crippen LogP contribution in [0.1, 0.15) is 44.6 Å². The van der Waals surface area contributed by atoms with E-state index < -0.39 is 0 Å². The van der Waals surface area contributed by atoms with Crippen molar-refractivity contribution in [2.45, 2.75) is 52.1 Å². The van der Waals surface area contributed by atoms with Crippen LogP contribution >= 0.6 is 11.6 Å². The van der Waals surface area contributed by atoms with Crippen molar-refractivity contribution in [2.75, 3.05) is 31.1 Å². The second kappa shape index (κ2) is 11.1. The number of halogens is 1. The summed E-state index contributed by atoms with van der Waals surface area (Å²) in [5.41, 5.74) is 0.299. The number of nitrogens with zero attached hydrogens (tertiary/aromatic N) is 5. The summed E-state index contributed by atoms with van der Waals surface area (Å²) >= 11 is 5.84. The van der Waals surface area contributed by atoms with Gasteiger partial charge in [-0.3, -0.25) is 9.59 Å². The predicted octanol–water partition coefficient (Wildman–Crippen LogP) is 2.59. The average molecular weight is 449 g/mol. The summed E-state index contributed by atoms with van der Waals surface area (Å²) in [6, 6.07) is 0. The molecule has 1 aliphatic heterocycles. The maximum atomic E-state index is 12.6. The summed E-state index contributed by atoms with van der Waals surface area (Å²) in [4.78, 5) is 36.7. The third-order valence-electron chi connectivity index (χ3n) is 5.50. The Labute approximate surface area is 186 Å². The molecule has 3 heterocycles. The zero-order valence-corrected chi connectivity index (χ0v) is 18.8. The number of rotatable bonds is 9. The zero-order chi connectivity index (χ0) is 22.2. The third-order valence-corrected chi connectivity index (χ3v) is 5.69. The van der Waals surface area contributed by atoms with Crippen molar-refractivity contribution in [2.24, 2.45) is 0 Å². The number of carbonyl (C=O) groups is 1. The van der Waals surface area contributed by atoms with E-state index >= 15 is 0 Å². The van der Waals surface area contributed by atoms with E-state index in [1.807, 2.05) is 4.90 Å². The summed E-state index contributed by atoms with van der Waals surface area (Å²) < 4.78 is 5.96. The highest BCUT2D eigenvalue weighted by atomic mass is 35.5. The number of aromatic amines is 1. The Hall–Kier alpha value is -2.68. The zero-order valence-electron chi connectivity index (χ0n) is 18.0. The van der Waals surface area contributed by atoms with Crippen molar-refractivity contribution in [1.29, 1.82) is 0 Å². The van der Waals surface area contributed by atoms with Crippen LogP contribution < -0.4 is 15.2 Å². The molecule has 168 valence electrons. The van der Waals surface area contributed by atoms with E-state index in [0.29, 0.717) is 54.9 Å². The fourth-order valence-corrected chi connectivity index (χ4v) is 3.62. The predicted molar refractivity (Wildman–Crippen MR) is 119 cm³/mol. The lowest BCUT2D eigenvalue weighted by molar-refractivity contribution is -0.131. The number of ether oxygens (including phenoxy) is 1. The van der Waals surface area contributed by atoms with E-state index in [9.17, 15) is 9.59 Å². The second-order valence-electron chi connectivity index (χ2n) is 7.65. The van der Waals surface area contributed by atoms with Crippen LogP contribution in [0.5, 0.6) is 5.75 Å². The number of hydrogen-bond acceptors (Lipinski definition) is 7. The molecule has 0 radical (unpaired) electrons. The molecule has 1 atom stereocenters. The SMILES string of the molecule is CC[C@@H](CCCCC(=O)N1CCN(c2ncc(Cl)cn2)CC1)Oc1cn[nH]c(=O)c1C. The first-order chi connectivity index (χ1) is 15.0. The van der Waals surface area contributed by atoms with Gasteiger partial charge in [0.15, 0.2) is 0 Å². The average Bonchev–Trinajstić information content (AvgIpc) is 2.79. The van der Waals surface area contributed by atoms with Gasteiger partial charge in [0.2, 0.25) is 11.9 Å². The quantitative estimate of drug-likeness (QED) is 0.588. The van der Waals surface area contributed by atoms with Gasteiger partial charge in [0.25, 0.3) is 5.56 Å². The molecule has 3 rings (SSSR count). The molecule has 1 amide bonds. The van der Waals surface area contributed by atoms with E-state index in [1.165, 1.54) is 6.20 Å². The number of nitrogens with one attached hydrogen (secondary N) is 1. The molecule has 0 bridgehead atoms. The number of hydrogen-bond donors (Lipinski definition) is 1. The largest absolute Gasteiger partial charge is 0.488 e. The van der Waals surface area contributed by atoms with Gasteiger partial charge < -0.3 is 14.5 Å². The standard InChI is InChI=1S/C21H29ClN6O3/c1-3-17(31-18-14-25-26-20(30)15(18)2)6-4-5-7-19(29)27-8-10-28(11-9-27)21-23-12-16(22)13-24-21/h12-14,17H,3-11H2,1-2H3,(H,26,30)/t17-/m0/s1. The number of carbonyl (C=O) groups excluding carboxylic acids is 1. The molecule has 31 heavy (non-hydrogen) atoms. The molecule has 10 heteroatoms. The van der Waals surface area contributed by atoms with E-state index in [-0.39, 0.29) is 17.6 Å². The molecule has 2 aromatic rings. The Kier molecular flexibility index (Phi) is 8.22. The first-order valence-corrected chi connectivity index (χ1v) is 11.1. The van der Waals surface area contributed by atoms with Gasteiger partial charge >= 0.3 is 0 Å². The van der Waals surface area contributed by atoms with E-state index in [0.717, 1.165) is 25.7 Å². The lowest BCUT2D eigenvalue weighted by Gasteiger charge is -2.34. The molecule has 0 aliphatic carbocycles. The first-order valence-electron chi connectivity index (χ1n) is 10.7. The van der Waals surface area contributed by atoms with Gasteiger partial charge in [0, 0.05) is 32.6 Å². The minimum Gasteiger partial charge on any atom is -0.488 e. The fraction of sp³-hybridized carbons (Fsp3) is 0.571. The normalized spacial score (nSPS) is 15.1. The van der Waals surface area contributed by atoms with Crippen molar-refractivity contribution < 1.29 is 9.53 Å². The molecule has 1 aliphatic rings. The minimum atomic E-state index is -0.235. The molecule has 0 spiro atoms. The molecular formula is C21H29ClN6O3. The highest BCUT2D eigenvalue weighted by molar-refractivity contribution is 6.30. The molecule has 2 aromatic heterocycles. The highest BCUT2D eigenvalue weighted by Crippen LogP contribution is 2.18. The molecule has 0 saturated carbocycles. The van der Waals surface area contributed by atoms with Crippen LogP contribution in [-0.2, 0) is 4.79 Å². The number of unbranched alkanes of at least 4 members (excludes halogenated alkanes) is 1. The fourth-order valence-electron chi connectivity index (χ4n) is 3.52. The number of aromatic nitrogens is 4. The maximum absolute atomic E-state index is 12.6. The van der Waals surface area contributed by atoms with Crippen LogP contribution in [0.4, 0.5) is 5.95 Å². The van der Waals surface area contributed by atoms with Crippen LogP contribution in [0.3, 0.4) is 0 Å². The molecule has 0 aromatic carbocycles. The van der Waals surface area contributed by atoms with Gasteiger partial charge in [-0.1, -0.05) is 18.5 Å². The monoisotopic (exact) mass is 448 g/mol. The van der Waals surface area contributed by atoms with Crippen molar-refractivity contribution >= 4 is 23.5 Å². The lowest BCUT2D eigenvalue weighted by atomic mass is 10.1.